The molecule has 0 saturated carbocycles. The number of ether oxygens (including phenoxy) is 5. The second-order valence-corrected chi connectivity index (χ2v) is 16.1. The quantitative estimate of drug-likeness (QED) is 0.0971. The van der Waals surface area contributed by atoms with Crippen LogP contribution in [0.15, 0.2) is 0 Å². The van der Waals surface area contributed by atoms with Crippen molar-refractivity contribution in [3.63, 3.8) is 0 Å². The molecule has 1 atom stereocenters. The Morgan fingerprint density at radius 2 is 1.13 bits per heavy atom. The Balaban J connectivity index is 1.92. The first kappa shape index (κ1) is 39.9. The van der Waals surface area contributed by atoms with E-state index in [4.69, 9.17) is 23.7 Å². The summed E-state index contributed by atoms with van der Waals surface area (Å²) in [5.74, 6) is -0.984. The lowest BCUT2D eigenvalue weighted by Crippen LogP contribution is -2.60. The smallest absolute Gasteiger partial charge is 0.323 e. The standard InChI is InChI=1S/C36H68N2O7/c1-12-13-17-36(18-14-19-41-11,30(39)44-22-15-20-42-28-24-32(2,3)37-33(4,5)25-28)31(40)45-23-16-21-43-29-26-34(6,7)38(10)35(8,9)27-29/h28-29,37H,12-27H2,1-11H3. The van der Waals surface area contributed by atoms with Crippen molar-refractivity contribution in [2.24, 2.45) is 5.41 Å². The zero-order chi connectivity index (χ0) is 33.9. The average Bonchev–Trinajstić information content (AvgIpc) is 2.91. The fraction of sp³-hybridized carbons (Fsp3) is 0.944. The van der Waals surface area contributed by atoms with Gasteiger partial charge in [0.1, 0.15) is 0 Å². The highest BCUT2D eigenvalue weighted by Gasteiger charge is 2.48. The average molecular weight is 641 g/mol. The third kappa shape index (κ3) is 12.4. The molecule has 2 rings (SSSR count). The first-order valence-corrected chi connectivity index (χ1v) is 17.5. The van der Waals surface area contributed by atoms with E-state index < -0.39 is 17.4 Å². The van der Waals surface area contributed by atoms with Gasteiger partial charge >= 0.3 is 11.9 Å². The van der Waals surface area contributed by atoms with E-state index in [2.05, 4.69) is 79.6 Å². The number of rotatable bonds is 19. The second kappa shape index (κ2) is 17.2. The highest BCUT2D eigenvalue weighted by Crippen LogP contribution is 2.38. The minimum atomic E-state index is -1.33. The van der Waals surface area contributed by atoms with Crippen LogP contribution in [-0.4, -0.2) is 98.4 Å². The number of hydrogen-bond acceptors (Lipinski definition) is 9. The Labute approximate surface area is 275 Å². The molecule has 1 N–H and O–H groups in total. The molecule has 2 aliphatic rings. The summed E-state index contributed by atoms with van der Waals surface area (Å²) in [7, 11) is 3.81. The molecule has 0 bridgehead atoms. The molecule has 0 aromatic carbocycles. The summed E-state index contributed by atoms with van der Waals surface area (Å²) in [6.45, 7) is 21.8. The van der Waals surface area contributed by atoms with E-state index in [1.165, 1.54) is 0 Å². The van der Waals surface area contributed by atoms with E-state index in [1.54, 1.807) is 7.11 Å². The van der Waals surface area contributed by atoms with Crippen molar-refractivity contribution in [3.05, 3.63) is 0 Å². The van der Waals surface area contributed by atoms with Crippen LogP contribution in [0.5, 0.6) is 0 Å². The summed E-state index contributed by atoms with van der Waals surface area (Å²) in [6, 6.07) is 0. The fourth-order valence-electron chi connectivity index (χ4n) is 7.58. The van der Waals surface area contributed by atoms with Gasteiger partial charge in [0, 0.05) is 48.7 Å². The molecule has 2 heterocycles. The van der Waals surface area contributed by atoms with E-state index in [9.17, 15) is 9.59 Å². The van der Waals surface area contributed by atoms with Gasteiger partial charge in [0.05, 0.1) is 38.6 Å². The number of hydrogen-bond donors (Lipinski definition) is 1. The van der Waals surface area contributed by atoms with Crippen LogP contribution in [0.3, 0.4) is 0 Å². The number of carbonyl (C=O) groups excluding carboxylic acids is 2. The SMILES string of the molecule is CCCCC(CCCOC)(C(=O)OCCCOC1CC(C)(C)NC(C)(C)C1)C(=O)OCCCOC1CC(C)(C)N(C)C(C)(C)C1. The van der Waals surface area contributed by atoms with Crippen molar-refractivity contribution in [1.82, 2.24) is 10.2 Å². The van der Waals surface area contributed by atoms with E-state index in [1.807, 2.05) is 0 Å². The van der Waals surface area contributed by atoms with E-state index >= 15 is 0 Å². The van der Waals surface area contributed by atoms with Crippen LogP contribution < -0.4 is 5.32 Å². The molecule has 0 spiro atoms. The number of nitrogens with one attached hydrogen (secondary N) is 1. The largest absolute Gasteiger partial charge is 0.465 e. The first-order valence-electron chi connectivity index (χ1n) is 17.5. The molecule has 9 heteroatoms. The Morgan fingerprint density at radius 1 is 0.689 bits per heavy atom. The lowest BCUT2D eigenvalue weighted by Gasteiger charge is -2.53. The second-order valence-electron chi connectivity index (χ2n) is 16.1. The number of methoxy groups -OCH3 is 1. The van der Waals surface area contributed by atoms with Gasteiger partial charge in [0.25, 0.3) is 0 Å². The Bertz CT molecular complexity index is 885. The summed E-state index contributed by atoms with van der Waals surface area (Å²) >= 11 is 0. The molecule has 9 nitrogen and oxygen atoms in total. The number of nitrogens with zero attached hydrogens (tertiary/aromatic N) is 1. The zero-order valence-corrected chi connectivity index (χ0v) is 30.8. The molecule has 1 unspecified atom stereocenters. The predicted octanol–water partition coefficient (Wildman–Crippen LogP) is 6.45. The maximum absolute atomic E-state index is 13.7. The first-order chi connectivity index (χ1) is 20.9. The number of unbranched alkanes of at least 4 members (excludes halogenated alkanes) is 1. The van der Waals surface area contributed by atoms with Gasteiger partial charge in [0.15, 0.2) is 5.41 Å². The predicted molar refractivity (Wildman–Crippen MR) is 179 cm³/mol. The van der Waals surface area contributed by atoms with Crippen LogP contribution in [0, 0.1) is 5.41 Å². The molecular weight excluding hydrogens is 572 g/mol. The fourth-order valence-corrected chi connectivity index (χ4v) is 7.58. The summed E-state index contributed by atoms with van der Waals surface area (Å²) in [5, 5.41) is 3.68. The van der Waals surface area contributed by atoms with Gasteiger partial charge in [-0.1, -0.05) is 19.8 Å². The molecule has 0 radical (unpaired) electrons. The monoisotopic (exact) mass is 641 g/mol. The number of esters is 2. The van der Waals surface area contributed by atoms with Gasteiger partial charge in [-0.3, -0.25) is 14.5 Å². The van der Waals surface area contributed by atoms with Crippen molar-refractivity contribution < 1.29 is 33.3 Å². The molecule has 0 amide bonds. The van der Waals surface area contributed by atoms with Crippen LogP contribution in [-0.2, 0) is 33.3 Å². The Morgan fingerprint density at radius 3 is 1.58 bits per heavy atom. The third-order valence-electron chi connectivity index (χ3n) is 9.86. The molecule has 0 aliphatic carbocycles. The van der Waals surface area contributed by atoms with E-state index in [0.29, 0.717) is 51.9 Å². The summed E-state index contributed by atoms with van der Waals surface area (Å²) < 4.78 is 29.3. The summed E-state index contributed by atoms with van der Waals surface area (Å²) in [5.41, 5.74) is -1.22. The van der Waals surface area contributed by atoms with Crippen LogP contribution in [0.1, 0.15) is 133 Å². The van der Waals surface area contributed by atoms with Gasteiger partial charge in [-0.15, -0.1) is 0 Å². The molecule has 264 valence electrons. The number of piperidine rings is 2. The van der Waals surface area contributed by atoms with E-state index in [0.717, 1.165) is 38.5 Å². The van der Waals surface area contributed by atoms with Crippen molar-refractivity contribution in [2.45, 2.75) is 167 Å². The third-order valence-corrected chi connectivity index (χ3v) is 9.86. The molecule has 2 saturated heterocycles. The normalized spacial score (nSPS) is 22.9. The highest BCUT2D eigenvalue weighted by atomic mass is 16.6. The minimum absolute atomic E-state index is 0.00713. The van der Waals surface area contributed by atoms with Crippen LogP contribution in [0.2, 0.25) is 0 Å². The molecule has 45 heavy (non-hydrogen) atoms. The summed E-state index contributed by atoms with van der Waals surface area (Å²) in [4.78, 5) is 29.7. The van der Waals surface area contributed by atoms with Gasteiger partial charge in [-0.25, -0.2) is 0 Å². The lowest BCUT2D eigenvalue weighted by molar-refractivity contribution is -0.175. The highest BCUT2D eigenvalue weighted by molar-refractivity contribution is 6.00. The minimum Gasteiger partial charge on any atom is -0.465 e. The van der Waals surface area contributed by atoms with Crippen molar-refractivity contribution >= 4 is 11.9 Å². The number of carbonyl (C=O) groups is 2. The maximum atomic E-state index is 13.7. The van der Waals surface area contributed by atoms with E-state index in [-0.39, 0.29) is 47.6 Å². The maximum Gasteiger partial charge on any atom is 0.323 e. The molecule has 0 aromatic rings. The van der Waals surface area contributed by atoms with Crippen LogP contribution >= 0.6 is 0 Å². The van der Waals surface area contributed by atoms with Crippen molar-refractivity contribution in [1.29, 1.82) is 0 Å². The van der Waals surface area contributed by atoms with Gasteiger partial charge < -0.3 is 29.0 Å². The molecule has 0 aromatic heterocycles. The van der Waals surface area contributed by atoms with Gasteiger partial charge in [-0.05, 0) is 107 Å². The Hall–Kier alpha value is -1.26. The van der Waals surface area contributed by atoms with Crippen LogP contribution in [0.4, 0.5) is 0 Å². The lowest BCUT2D eigenvalue weighted by atomic mass is 9.78. The molecule has 2 aliphatic heterocycles. The van der Waals surface area contributed by atoms with Crippen molar-refractivity contribution in [3.8, 4) is 0 Å². The number of likely N-dealkylation sites (tertiary alicyclic amines) is 1. The Kier molecular flexibility index (Phi) is 15.3. The topological polar surface area (TPSA) is 95.6 Å². The van der Waals surface area contributed by atoms with Gasteiger partial charge in [-0.2, -0.15) is 0 Å². The van der Waals surface area contributed by atoms with Crippen LogP contribution in [0.25, 0.3) is 0 Å². The van der Waals surface area contributed by atoms with Crippen molar-refractivity contribution in [2.75, 3.05) is 47.2 Å². The molecular formula is C36H68N2O7. The molecule has 2 fully saturated rings. The zero-order valence-electron chi connectivity index (χ0n) is 30.8. The summed E-state index contributed by atoms with van der Waals surface area (Å²) in [6.07, 6.45) is 8.14. The van der Waals surface area contributed by atoms with Gasteiger partial charge in [0.2, 0.25) is 0 Å².